The minimum Gasteiger partial charge on any atom is -0.423 e. The molecule has 0 fully saturated rings. The molecule has 0 spiro atoms. The van der Waals surface area contributed by atoms with Crippen LogP contribution in [0.5, 0.6) is 5.75 Å². The van der Waals surface area contributed by atoms with Crippen LogP contribution in [0.25, 0.3) is 0 Å². The number of hydrogen-bond donors (Lipinski definition) is 1. The van der Waals surface area contributed by atoms with Gasteiger partial charge in [0, 0.05) is 17.3 Å². The van der Waals surface area contributed by atoms with Crippen LogP contribution in [0.1, 0.15) is 28.4 Å². The lowest BCUT2D eigenvalue weighted by Crippen LogP contribution is -2.09. The van der Waals surface area contributed by atoms with Crippen LogP contribution in [-0.4, -0.2) is 11.7 Å². The Kier molecular flexibility index (Phi) is 3.94. The molecule has 0 heterocycles. The fourth-order valence-electron chi connectivity index (χ4n) is 1.72. The first kappa shape index (κ1) is 13.9. The molecule has 102 valence electrons. The third-order valence-corrected chi connectivity index (χ3v) is 2.84. The van der Waals surface area contributed by atoms with Crippen LogP contribution in [0.3, 0.4) is 0 Å². The molecule has 0 radical (unpaired) electrons. The summed E-state index contributed by atoms with van der Waals surface area (Å²) in [5.74, 6) is -0.992. The third-order valence-electron chi connectivity index (χ3n) is 2.84. The third kappa shape index (κ3) is 3.09. The standard InChI is InChI=1S/C16H14FNO2/c1-10-3-5-12(6-4-10)16(19)20-13-7-8-14(11(2)18)15(17)9-13/h3-9,18H,1-2H3. The number of rotatable bonds is 3. The second-order valence-corrected chi connectivity index (χ2v) is 4.52. The Hall–Kier alpha value is -2.49. The van der Waals surface area contributed by atoms with Crippen LogP contribution in [0.15, 0.2) is 42.5 Å². The molecule has 4 heteroatoms. The first-order valence-electron chi connectivity index (χ1n) is 6.11. The van der Waals surface area contributed by atoms with E-state index >= 15 is 0 Å². The van der Waals surface area contributed by atoms with Crippen molar-refractivity contribution in [3.8, 4) is 5.75 Å². The van der Waals surface area contributed by atoms with Gasteiger partial charge in [-0.05, 0) is 38.1 Å². The van der Waals surface area contributed by atoms with Crippen molar-refractivity contribution in [2.24, 2.45) is 0 Å². The molecule has 2 rings (SSSR count). The molecule has 2 aromatic carbocycles. The number of carbonyl (C=O) groups is 1. The van der Waals surface area contributed by atoms with E-state index in [0.717, 1.165) is 11.6 Å². The second-order valence-electron chi connectivity index (χ2n) is 4.52. The van der Waals surface area contributed by atoms with Crippen LogP contribution in [0.2, 0.25) is 0 Å². The molecular formula is C16H14FNO2. The van der Waals surface area contributed by atoms with Gasteiger partial charge in [-0.25, -0.2) is 9.18 Å². The first-order chi connectivity index (χ1) is 9.47. The SMILES string of the molecule is CC(=N)c1ccc(OC(=O)c2ccc(C)cc2)cc1F. The van der Waals surface area contributed by atoms with Crippen LogP contribution in [-0.2, 0) is 0 Å². The number of esters is 1. The van der Waals surface area contributed by atoms with Gasteiger partial charge in [0.05, 0.1) is 5.56 Å². The summed E-state index contributed by atoms with van der Waals surface area (Å²) in [6.45, 7) is 3.42. The lowest BCUT2D eigenvalue weighted by atomic mass is 10.1. The monoisotopic (exact) mass is 271 g/mol. The van der Waals surface area contributed by atoms with E-state index in [1.165, 1.54) is 19.1 Å². The zero-order valence-electron chi connectivity index (χ0n) is 11.2. The molecule has 0 saturated heterocycles. The predicted octanol–water partition coefficient (Wildman–Crippen LogP) is 3.74. The number of nitrogens with one attached hydrogen (secondary N) is 1. The number of benzene rings is 2. The largest absolute Gasteiger partial charge is 0.423 e. The molecule has 0 saturated carbocycles. The smallest absolute Gasteiger partial charge is 0.343 e. The fourth-order valence-corrected chi connectivity index (χ4v) is 1.72. The molecule has 1 N–H and O–H groups in total. The number of ether oxygens (including phenoxy) is 1. The van der Waals surface area contributed by atoms with Crippen molar-refractivity contribution in [1.29, 1.82) is 5.41 Å². The summed E-state index contributed by atoms with van der Waals surface area (Å²) in [7, 11) is 0. The summed E-state index contributed by atoms with van der Waals surface area (Å²) in [5, 5.41) is 7.40. The molecule has 0 aliphatic rings. The Balaban J connectivity index is 2.18. The Morgan fingerprint density at radius 3 is 2.35 bits per heavy atom. The van der Waals surface area contributed by atoms with E-state index in [-0.39, 0.29) is 17.0 Å². The van der Waals surface area contributed by atoms with Gasteiger partial charge in [-0.2, -0.15) is 0 Å². The van der Waals surface area contributed by atoms with Crippen molar-refractivity contribution >= 4 is 11.7 Å². The zero-order valence-corrected chi connectivity index (χ0v) is 11.2. The fraction of sp³-hybridized carbons (Fsp3) is 0.125. The van der Waals surface area contributed by atoms with E-state index in [9.17, 15) is 9.18 Å². The molecule has 0 unspecified atom stereocenters. The summed E-state index contributed by atoms with van der Waals surface area (Å²) in [4.78, 5) is 11.9. The van der Waals surface area contributed by atoms with Crippen molar-refractivity contribution in [3.05, 3.63) is 65.0 Å². The van der Waals surface area contributed by atoms with Gasteiger partial charge in [-0.15, -0.1) is 0 Å². The maximum Gasteiger partial charge on any atom is 0.343 e. The lowest BCUT2D eigenvalue weighted by molar-refractivity contribution is 0.0734. The summed E-state index contributed by atoms with van der Waals surface area (Å²) in [6.07, 6.45) is 0. The van der Waals surface area contributed by atoms with Gasteiger partial charge in [0.15, 0.2) is 0 Å². The quantitative estimate of drug-likeness (QED) is 0.525. The van der Waals surface area contributed by atoms with Crippen LogP contribution >= 0.6 is 0 Å². The maximum atomic E-state index is 13.7. The summed E-state index contributed by atoms with van der Waals surface area (Å²) < 4.78 is 18.8. The molecule has 20 heavy (non-hydrogen) atoms. The van der Waals surface area contributed by atoms with Crippen molar-refractivity contribution in [1.82, 2.24) is 0 Å². The molecular weight excluding hydrogens is 257 g/mol. The Morgan fingerprint density at radius 2 is 1.80 bits per heavy atom. The maximum absolute atomic E-state index is 13.7. The van der Waals surface area contributed by atoms with Crippen LogP contribution in [0.4, 0.5) is 4.39 Å². The van der Waals surface area contributed by atoms with E-state index in [0.29, 0.717) is 5.56 Å². The average Bonchev–Trinajstić information content (AvgIpc) is 2.39. The second kappa shape index (κ2) is 5.65. The molecule has 0 bridgehead atoms. The minimum absolute atomic E-state index is 0.123. The number of hydrogen-bond acceptors (Lipinski definition) is 3. The molecule has 0 aliphatic heterocycles. The van der Waals surface area contributed by atoms with E-state index in [4.69, 9.17) is 10.1 Å². The van der Waals surface area contributed by atoms with Crippen LogP contribution < -0.4 is 4.74 Å². The molecule has 0 aromatic heterocycles. The molecule has 0 aliphatic carbocycles. The zero-order chi connectivity index (χ0) is 14.7. The van der Waals surface area contributed by atoms with Gasteiger partial charge in [0.2, 0.25) is 0 Å². The highest BCUT2D eigenvalue weighted by Crippen LogP contribution is 2.18. The van der Waals surface area contributed by atoms with Gasteiger partial charge in [0.1, 0.15) is 11.6 Å². The topological polar surface area (TPSA) is 50.1 Å². The summed E-state index contributed by atoms with van der Waals surface area (Å²) >= 11 is 0. The minimum atomic E-state index is -0.577. The molecule has 0 atom stereocenters. The predicted molar refractivity (Wildman–Crippen MR) is 75.0 cm³/mol. The first-order valence-corrected chi connectivity index (χ1v) is 6.11. The number of aryl methyl sites for hydroxylation is 1. The van der Waals surface area contributed by atoms with Gasteiger partial charge >= 0.3 is 5.97 Å². The van der Waals surface area contributed by atoms with E-state index in [1.807, 2.05) is 6.92 Å². The Labute approximate surface area is 116 Å². The average molecular weight is 271 g/mol. The van der Waals surface area contributed by atoms with Crippen molar-refractivity contribution in [3.63, 3.8) is 0 Å². The summed E-state index contributed by atoms with van der Waals surface area (Å²) in [6, 6.07) is 10.9. The van der Waals surface area contributed by atoms with Crippen molar-refractivity contribution < 1.29 is 13.9 Å². The van der Waals surface area contributed by atoms with E-state index in [1.54, 1.807) is 24.3 Å². The number of halogens is 1. The molecule has 2 aromatic rings. The highest BCUT2D eigenvalue weighted by atomic mass is 19.1. The normalized spacial score (nSPS) is 10.2. The summed E-state index contributed by atoms with van der Waals surface area (Å²) in [5.41, 5.74) is 1.76. The highest BCUT2D eigenvalue weighted by Gasteiger charge is 2.11. The van der Waals surface area contributed by atoms with Gasteiger partial charge in [-0.1, -0.05) is 17.7 Å². The molecule has 3 nitrogen and oxygen atoms in total. The van der Waals surface area contributed by atoms with Gasteiger partial charge < -0.3 is 10.1 Å². The van der Waals surface area contributed by atoms with Crippen LogP contribution in [0, 0.1) is 18.2 Å². The number of carbonyl (C=O) groups excluding carboxylic acids is 1. The van der Waals surface area contributed by atoms with Gasteiger partial charge in [-0.3, -0.25) is 0 Å². The van der Waals surface area contributed by atoms with Crippen molar-refractivity contribution in [2.45, 2.75) is 13.8 Å². The Morgan fingerprint density at radius 1 is 1.15 bits per heavy atom. The van der Waals surface area contributed by atoms with E-state index < -0.39 is 11.8 Å². The van der Waals surface area contributed by atoms with Crippen molar-refractivity contribution in [2.75, 3.05) is 0 Å². The highest BCUT2D eigenvalue weighted by molar-refractivity contribution is 5.96. The van der Waals surface area contributed by atoms with E-state index in [2.05, 4.69) is 0 Å². The lowest BCUT2D eigenvalue weighted by Gasteiger charge is -2.06. The molecule has 0 amide bonds. The van der Waals surface area contributed by atoms with Gasteiger partial charge in [0.25, 0.3) is 0 Å². The Bertz CT molecular complexity index is 663.